The van der Waals surface area contributed by atoms with E-state index in [9.17, 15) is 0 Å². The third kappa shape index (κ3) is 4.08. The van der Waals surface area contributed by atoms with Crippen LogP contribution in [-0.4, -0.2) is 16.3 Å². The van der Waals surface area contributed by atoms with Crippen molar-refractivity contribution in [3.63, 3.8) is 0 Å². The number of aromatic nitrogens is 2. The van der Waals surface area contributed by atoms with Crippen molar-refractivity contribution < 1.29 is 0 Å². The van der Waals surface area contributed by atoms with Crippen LogP contribution in [0.15, 0.2) is 36.7 Å². The van der Waals surface area contributed by atoms with Crippen LogP contribution in [0, 0.1) is 5.92 Å². The minimum Gasteiger partial charge on any atom is -0.330 e. The summed E-state index contributed by atoms with van der Waals surface area (Å²) < 4.78 is 1.95. The second-order valence-corrected chi connectivity index (χ2v) is 5.28. The maximum Gasteiger partial charge on any atom is 0.0521 e. The molecular formula is C15H20ClN3. The molecule has 0 aliphatic carbocycles. The zero-order valence-corrected chi connectivity index (χ0v) is 12.0. The van der Waals surface area contributed by atoms with Crippen LogP contribution in [0.5, 0.6) is 0 Å². The Morgan fingerprint density at radius 1 is 1.32 bits per heavy atom. The summed E-state index contributed by atoms with van der Waals surface area (Å²) in [5.74, 6) is 0.424. The van der Waals surface area contributed by atoms with Gasteiger partial charge in [-0.05, 0) is 55.5 Å². The lowest BCUT2D eigenvalue weighted by molar-refractivity contribution is 0.533. The Bertz CT molecular complexity index is 522. The second kappa shape index (κ2) is 6.73. The Hall–Kier alpha value is -1.32. The van der Waals surface area contributed by atoms with Gasteiger partial charge in [0.05, 0.1) is 6.20 Å². The molecule has 0 aliphatic heterocycles. The molecule has 1 aromatic heterocycles. The van der Waals surface area contributed by atoms with Gasteiger partial charge < -0.3 is 5.73 Å². The molecule has 4 heteroatoms. The van der Waals surface area contributed by atoms with Crippen molar-refractivity contribution in [2.45, 2.75) is 26.3 Å². The number of hydrogen-bond acceptors (Lipinski definition) is 2. The van der Waals surface area contributed by atoms with Gasteiger partial charge in [0.25, 0.3) is 0 Å². The van der Waals surface area contributed by atoms with E-state index < -0.39 is 0 Å². The van der Waals surface area contributed by atoms with Gasteiger partial charge >= 0.3 is 0 Å². The van der Waals surface area contributed by atoms with E-state index >= 15 is 0 Å². The maximum absolute atomic E-state index is 6.01. The van der Waals surface area contributed by atoms with Gasteiger partial charge in [0.15, 0.2) is 0 Å². The monoisotopic (exact) mass is 277 g/mol. The van der Waals surface area contributed by atoms with Gasteiger partial charge in [0, 0.05) is 17.8 Å². The molecule has 2 N–H and O–H groups in total. The van der Waals surface area contributed by atoms with Crippen LogP contribution >= 0.6 is 11.6 Å². The molecule has 1 unspecified atom stereocenters. The van der Waals surface area contributed by atoms with Crippen molar-refractivity contribution in [2.75, 3.05) is 6.54 Å². The molecular weight excluding hydrogens is 258 g/mol. The van der Waals surface area contributed by atoms with E-state index in [1.807, 2.05) is 29.1 Å². The van der Waals surface area contributed by atoms with Crippen molar-refractivity contribution >= 4 is 11.6 Å². The van der Waals surface area contributed by atoms with Crippen LogP contribution in [0.4, 0.5) is 0 Å². The number of nitrogens with two attached hydrogens (primary N) is 1. The summed E-state index contributed by atoms with van der Waals surface area (Å²) in [7, 11) is 0. The smallest absolute Gasteiger partial charge is 0.0521 e. The Morgan fingerprint density at radius 2 is 2.11 bits per heavy atom. The summed E-state index contributed by atoms with van der Waals surface area (Å²) in [6, 6.07) is 8.00. The van der Waals surface area contributed by atoms with E-state index in [2.05, 4.69) is 24.3 Å². The molecule has 0 radical (unpaired) electrons. The third-order valence-electron chi connectivity index (χ3n) is 3.28. The van der Waals surface area contributed by atoms with Crippen LogP contribution in [0.3, 0.4) is 0 Å². The van der Waals surface area contributed by atoms with Gasteiger partial charge in [-0.25, -0.2) is 0 Å². The van der Waals surface area contributed by atoms with Gasteiger partial charge in [-0.1, -0.05) is 23.7 Å². The first kappa shape index (κ1) is 14.1. The van der Waals surface area contributed by atoms with Crippen LogP contribution < -0.4 is 5.73 Å². The fraction of sp³-hybridized carbons (Fsp3) is 0.400. The fourth-order valence-electron chi connectivity index (χ4n) is 2.25. The highest BCUT2D eigenvalue weighted by Crippen LogP contribution is 2.17. The SMILES string of the molecule is CCn1cc(CC(CN)Cc2cccc(Cl)c2)cn1. The topological polar surface area (TPSA) is 43.8 Å². The van der Waals surface area contributed by atoms with Gasteiger partial charge in [-0.3, -0.25) is 4.68 Å². The molecule has 1 aromatic carbocycles. The average molecular weight is 278 g/mol. The lowest BCUT2D eigenvalue weighted by Gasteiger charge is -2.13. The highest BCUT2D eigenvalue weighted by molar-refractivity contribution is 6.30. The van der Waals surface area contributed by atoms with Crippen molar-refractivity contribution in [1.82, 2.24) is 9.78 Å². The van der Waals surface area contributed by atoms with Gasteiger partial charge in [-0.15, -0.1) is 0 Å². The summed E-state index contributed by atoms with van der Waals surface area (Å²) >= 11 is 6.01. The highest BCUT2D eigenvalue weighted by atomic mass is 35.5. The Kier molecular flexibility index (Phi) is 5.00. The minimum absolute atomic E-state index is 0.424. The Balaban J connectivity index is 2.00. The predicted molar refractivity (Wildman–Crippen MR) is 79.3 cm³/mol. The quantitative estimate of drug-likeness (QED) is 0.882. The van der Waals surface area contributed by atoms with E-state index in [1.165, 1.54) is 11.1 Å². The van der Waals surface area contributed by atoms with Crippen molar-refractivity contribution in [2.24, 2.45) is 11.7 Å². The summed E-state index contributed by atoms with van der Waals surface area (Å²) in [5.41, 5.74) is 8.38. The average Bonchev–Trinajstić information content (AvgIpc) is 2.85. The molecule has 0 amide bonds. The normalized spacial score (nSPS) is 12.6. The molecule has 3 nitrogen and oxygen atoms in total. The lowest BCUT2D eigenvalue weighted by atomic mass is 9.94. The molecule has 0 saturated carbocycles. The molecule has 2 rings (SSSR count). The maximum atomic E-state index is 6.01. The van der Waals surface area contributed by atoms with E-state index in [4.69, 9.17) is 17.3 Å². The number of aryl methyl sites for hydroxylation is 1. The predicted octanol–water partition coefficient (Wildman–Crippen LogP) is 2.92. The molecule has 0 spiro atoms. The molecule has 0 fully saturated rings. The van der Waals surface area contributed by atoms with E-state index in [0.717, 1.165) is 24.4 Å². The number of rotatable bonds is 6. The molecule has 0 saturated heterocycles. The second-order valence-electron chi connectivity index (χ2n) is 4.84. The standard InChI is InChI=1S/C15H20ClN3/c1-2-19-11-14(10-18-19)7-13(9-17)6-12-4-3-5-15(16)8-12/h3-5,8,10-11,13H,2,6-7,9,17H2,1H3. The molecule has 1 atom stereocenters. The van der Waals surface area contributed by atoms with Gasteiger partial charge in [0.1, 0.15) is 0 Å². The van der Waals surface area contributed by atoms with Gasteiger partial charge in [0.2, 0.25) is 0 Å². The first-order valence-electron chi connectivity index (χ1n) is 6.67. The summed E-state index contributed by atoms with van der Waals surface area (Å²) in [4.78, 5) is 0. The number of hydrogen-bond donors (Lipinski definition) is 1. The van der Waals surface area contributed by atoms with Crippen LogP contribution in [0.1, 0.15) is 18.1 Å². The number of halogens is 1. The first-order chi connectivity index (χ1) is 9.21. The Labute approximate surface area is 119 Å². The van der Waals surface area contributed by atoms with Crippen LogP contribution in [-0.2, 0) is 19.4 Å². The van der Waals surface area contributed by atoms with E-state index in [0.29, 0.717) is 12.5 Å². The zero-order chi connectivity index (χ0) is 13.7. The summed E-state index contributed by atoms with van der Waals surface area (Å²) in [6.45, 7) is 3.66. The van der Waals surface area contributed by atoms with Crippen LogP contribution in [0.25, 0.3) is 0 Å². The van der Waals surface area contributed by atoms with Gasteiger partial charge in [-0.2, -0.15) is 5.10 Å². The number of nitrogens with zero attached hydrogens (tertiary/aromatic N) is 2. The minimum atomic E-state index is 0.424. The molecule has 0 bridgehead atoms. The number of benzene rings is 1. The van der Waals surface area contributed by atoms with Crippen molar-refractivity contribution in [1.29, 1.82) is 0 Å². The Morgan fingerprint density at radius 3 is 2.74 bits per heavy atom. The fourth-order valence-corrected chi connectivity index (χ4v) is 2.47. The summed E-state index contributed by atoms with van der Waals surface area (Å²) in [5, 5.41) is 5.08. The molecule has 1 heterocycles. The zero-order valence-electron chi connectivity index (χ0n) is 11.2. The van der Waals surface area contributed by atoms with Crippen molar-refractivity contribution in [3.8, 4) is 0 Å². The molecule has 19 heavy (non-hydrogen) atoms. The molecule has 2 aromatic rings. The highest BCUT2D eigenvalue weighted by Gasteiger charge is 2.10. The van der Waals surface area contributed by atoms with E-state index in [-0.39, 0.29) is 0 Å². The third-order valence-corrected chi connectivity index (χ3v) is 3.52. The molecule has 0 aliphatic rings. The first-order valence-corrected chi connectivity index (χ1v) is 7.05. The van der Waals surface area contributed by atoms with Crippen LogP contribution in [0.2, 0.25) is 5.02 Å². The van der Waals surface area contributed by atoms with E-state index in [1.54, 1.807) is 0 Å². The summed E-state index contributed by atoms with van der Waals surface area (Å²) in [6.07, 6.45) is 5.95. The molecule has 102 valence electrons. The largest absolute Gasteiger partial charge is 0.330 e. The van der Waals surface area contributed by atoms with Crippen molar-refractivity contribution in [3.05, 3.63) is 52.8 Å². The lowest BCUT2D eigenvalue weighted by Crippen LogP contribution is -2.19.